The number of nitrogens with zero attached hydrogens (tertiary/aromatic N) is 1. The molecule has 1 aromatic heterocycles. The molecule has 2 aliphatic heterocycles. The molecule has 1 aliphatic carbocycles. The number of carbonyl (C=O) groups excluding carboxylic acids is 2. The Morgan fingerprint density at radius 1 is 0.943 bits per heavy atom. The van der Waals surface area contributed by atoms with Crippen LogP contribution in [0, 0.1) is 17.8 Å². The van der Waals surface area contributed by atoms with E-state index in [0.29, 0.717) is 23.7 Å². The SMILES string of the molecule is COC(=O)[C@H]1[C@H]2C[C@@H]3c4[nH]c5cc(OC)ccc5c4CCN3C[C@H]2C[C@@H](OC(=O)c2cc(OC)c(OC)c(OC)c2)[C@@H]1OC.C[Si](C)(C)OO[Si](=O)O. The Hall–Kier alpha value is -4.17. The van der Waals surface area contributed by atoms with Gasteiger partial charge in [0.15, 0.2) is 11.5 Å². The molecule has 1 saturated carbocycles. The maximum Gasteiger partial charge on any atom is 0.797 e. The molecule has 53 heavy (non-hydrogen) atoms. The van der Waals surface area contributed by atoms with Crippen LogP contribution in [0.1, 0.15) is 40.5 Å². The fraction of sp³-hybridized carbons (Fsp3) is 0.556. The van der Waals surface area contributed by atoms with E-state index in [1.807, 2.05) is 31.8 Å². The summed E-state index contributed by atoms with van der Waals surface area (Å²) in [6.45, 7) is 7.26. The number of esters is 2. The summed E-state index contributed by atoms with van der Waals surface area (Å²) in [5.41, 5.74) is 3.83. The van der Waals surface area contributed by atoms with Crippen molar-refractivity contribution in [1.29, 1.82) is 0 Å². The summed E-state index contributed by atoms with van der Waals surface area (Å²) in [6.07, 6.45) is 0.920. The van der Waals surface area contributed by atoms with Crippen LogP contribution in [-0.4, -0.2) is 112 Å². The Labute approximate surface area is 311 Å². The van der Waals surface area contributed by atoms with Crippen molar-refractivity contribution in [2.75, 3.05) is 55.7 Å². The van der Waals surface area contributed by atoms with Gasteiger partial charge in [0, 0.05) is 42.9 Å². The van der Waals surface area contributed by atoms with Crippen LogP contribution in [0.15, 0.2) is 30.3 Å². The zero-order chi connectivity index (χ0) is 38.6. The average molecular weight is 775 g/mol. The Morgan fingerprint density at radius 3 is 2.19 bits per heavy atom. The molecular formula is C36H50N2O13Si2. The van der Waals surface area contributed by atoms with Gasteiger partial charge in [-0.2, -0.15) is 0 Å². The minimum absolute atomic E-state index is 0.0170. The molecule has 0 unspecified atom stereocenters. The molecule has 3 aliphatic rings. The van der Waals surface area contributed by atoms with Gasteiger partial charge < -0.3 is 47.5 Å². The second kappa shape index (κ2) is 16.9. The van der Waals surface area contributed by atoms with E-state index >= 15 is 0 Å². The normalized spacial score (nSPS) is 23.6. The van der Waals surface area contributed by atoms with Crippen molar-refractivity contribution >= 4 is 40.3 Å². The lowest BCUT2D eigenvalue weighted by Crippen LogP contribution is -2.58. The van der Waals surface area contributed by atoms with Gasteiger partial charge in [-0.3, -0.25) is 18.7 Å². The van der Waals surface area contributed by atoms with Gasteiger partial charge in [0.25, 0.3) is 0 Å². The van der Waals surface area contributed by atoms with Gasteiger partial charge in [-0.25, -0.2) is 4.79 Å². The average Bonchev–Trinajstić information content (AvgIpc) is 3.53. The van der Waals surface area contributed by atoms with Crippen molar-refractivity contribution < 1.29 is 61.2 Å². The van der Waals surface area contributed by atoms with Crippen LogP contribution in [0.5, 0.6) is 23.0 Å². The summed E-state index contributed by atoms with van der Waals surface area (Å²) in [5, 5.41) is 1.21. The highest BCUT2D eigenvalue weighted by Crippen LogP contribution is 2.51. The number of fused-ring (bicyclic) bond motifs is 6. The summed E-state index contributed by atoms with van der Waals surface area (Å²) in [4.78, 5) is 41.3. The highest BCUT2D eigenvalue weighted by Gasteiger charge is 2.54. The molecular weight excluding hydrogens is 725 g/mol. The third kappa shape index (κ3) is 8.64. The molecule has 1 saturated heterocycles. The quantitative estimate of drug-likeness (QED) is 0.122. The summed E-state index contributed by atoms with van der Waals surface area (Å²) in [7, 11) is 4.42. The number of hydrogen-bond acceptors (Lipinski definition) is 13. The van der Waals surface area contributed by atoms with Crippen molar-refractivity contribution in [2.24, 2.45) is 17.8 Å². The van der Waals surface area contributed by atoms with Gasteiger partial charge in [-0.05, 0) is 80.6 Å². The Kier molecular flexibility index (Phi) is 12.8. The molecule has 0 radical (unpaired) electrons. The topological polar surface area (TPSA) is 174 Å². The number of carbonyl (C=O) groups is 2. The number of ether oxygens (including phenoxy) is 7. The lowest BCUT2D eigenvalue weighted by molar-refractivity contribution is -0.176. The zero-order valence-electron chi connectivity index (χ0n) is 31.7. The van der Waals surface area contributed by atoms with Crippen molar-refractivity contribution in [1.82, 2.24) is 9.88 Å². The standard InChI is InChI=1S/C33H40N2O9.C3H10O4Si2/c1-38-19-7-8-20-21-9-10-35-16-18-13-27(44-32(36)17-11-25(39-2)30(41-4)26(12-17)40-3)31(42-5)28(33(37)43-6)22(18)15-24(35)29(21)34-23(20)14-19;1-9(2,3)7-6-8(4)5/h7-8,11-12,14,18,22,24,27-28,31,34H,9-10,13,15-16H2,1-6H3;4H,1-3H3/t18-,22+,24-,27-,28+,31+;/m1./s1. The molecule has 3 aromatic rings. The highest BCUT2D eigenvalue weighted by molar-refractivity contribution is 6.69. The molecule has 15 nitrogen and oxygen atoms in total. The predicted octanol–water partition coefficient (Wildman–Crippen LogP) is 4.35. The third-order valence-electron chi connectivity index (χ3n) is 10.1. The molecule has 0 bridgehead atoms. The maximum absolute atomic E-state index is 13.5. The van der Waals surface area contributed by atoms with Crippen LogP contribution in [0.2, 0.25) is 19.6 Å². The van der Waals surface area contributed by atoms with E-state index in [1.165, 1.54) is 45.1 Å². The largest absolute Gasteiger partial charge is 0.797 e. The van der Waals surface area contributed by atoms with Gasteiger partial charge >= 0.3 is 21.1 Å². The number of benzene rings is 2. The smallest absolute Gasteiger partial charge is 0.510 e. The predicted molar refractivity (Wildman–Crippen MR) is 195 cm³/mol. The number of rotatable bonds is 11. The van der Waals surface area contributed by atoms with E-state index in [4.69, 9.17) is 38.0 Å². The second-order valence-corrected chi connectivity index (χ2v) is 19.3. The maximum atomic E-state index is 13.5. The van der Waals surface area contributed by atoms with Crippen LogP contribution >= 0.6 is 0 Å². The van der Waals surface area contributed by atoms with Gasteiger partial charge in [0.2, 0.25) is 14.1 Å². The van der Waals surface area contributed by atoms with E-state index in [1.54, 1.807) is 26.4 Å². The molecule has 2 N–H and O–H groups in total. The number of nitrogens with one attached hydrogen (secondary N) is 1. The second-order valence-electron chi connectivity index (χ2n) is 14.2. The molecule has 290 valence electrons. The first-order valence-corrected chi connectivity index (χ1v) is 22.1. The molecule has 17 heteroatoms. The van der Waals surface area contributed by atoms with Crippen molar-refractivity contribution in [3.8, 4) is 23.0 Å². The monoisotopic (exact) mass is 774 g/mol. The lowest BCUT2D eigenvalue weighted by atomic mass is 9.63. The van der Waals surface area contributed by atoms with Crippen LogP contribution in [-0.2, 0) is 39.0 Å². The van der Waals surface area contributed by atoms with E-state index in [2.05, 4.69) is 25.1 Å². The summed E-state index contributed by atoms with van der Waals surface area (Å²) in [6, 6.07) is 9.40. The summed E-state index contributed by atoms with van der Waals surface area (Å²) >= 11 is 0. The Balaban J connectivity index is 0.000000534. The number of aromatic nitrogens is 1. The third-order valence-corrected chi connectivity index (χ3v) is 11.1. The van der Waals surface area contributed by atoms with E-state index in [-0.39, 0.29) is 29.4 Å². The molecule has 6 atom stereocenters. The first-order chi connectivity index (χ1) is 25.3. The van der Waals surface area contributed by atoms with Crippen molar-refractivity contribution in [3.63, 3.8) is 0 Å². The van der Waals surface area contributed by atoms with Gasteiger partial charge in [-0.15, -0.1) is 0 Å². The summed E-state index contributed by atoms with van der Waals surface area (Å²) < 4.78 is 57.7. The number of hydrogen-bond donors (Lipinski definition) is 2. The lowest BCUT2D eigenvalue weighted by Gasteiger charge is -2.52. The molecule has 2 fully saturated rings. The van der Waals surface area contributed by atoms with Crippen LogP contribution in [0.4, 0.5) is 0 Å². The number of H-pyrrole nitrogens is 1. The van der Waals surface area contributed by atoms with Crippen molar-refractivity contribution in [3.05, 3.63) is 47.2 Å². The fourth-order valence-electron chi connectivity index (χ4n) is 7.92. The minimum Gasteiger partial charge on any atom is -0.510 e. The number of methoxy groups -OCH3 is 6. The van der Waals surface area contributed by atoms with Gasteiger partial charge in [-0.1, -0.05) is 0 Å². The van der Waals surface area contributed by atoms with E-state index < -0.39 is 41.6 Å². The highest BCUT2D eigenvalue weighted by atomic mass is 28.4. The molecule has 0 spiro atoms. The minimum atomic E-state index is -2.91. The van der Waals surface area contributed by atoms with Crippen LogP contribution in [0.3, 0.4) is 0 Å². The number of piperidine rings is 1. The Bertz CT molecular complexity index is 1770. The molecule has 2 aromatic carbocycles. The zero-order valence-corrected chi connectivity index (χ0v) is 33.7. The van der Waals surface area contributed by atoms with Crippen molar-refractivity contribution in [2.45, 2.75) is 57.2 Å². The van der Waals surface area contributed by atoms with Crippen LogP contribution in [0.25, 0.3) is 10.9 Å². The molecule has 0 amide bonds. The molecule has 3 heterocycles. The van der Waals surface area contributed by atoms with E-state index in [9.17, 15) is 14.1 Å². The first kappa shape index (κ1) is 40.0. The fourth-order valence-corrected chi connectivity index (χ4v) is 9.21. The van der Waals surface area contributed by atoms with Gasteiger partial charge in [0.05, 0.1) is 53.1 Å². The van der Waals surface area contributed by atoms with Crippen LogP contribution < -0.4 is 18.9 Å². The Morgan fingerprint density at radius 2 is 1.64 bits per heavy atom. The number of aromatic amines is 1. The summed E-state index contributed by atoms with van der Waals surface area (Å²) in [5.74, 6) is 0.441. The van der Waals surface area contributed by atoms with E-state index in [0.717, 1.165) is 37.2 Å². The first-order valence-electron chi connectivity index (χ1n) is 17.4. The van der Waals surface area contributed by atoms with Gasteiger partial charge in [0.1, 0.15) is 18.0 Å². The molecule has 6 rings (SSSR count).